The molecule has 0 bridgehead atoms. The highest BCUT2D eigenvalue weighted by molar-refractivity contribution is 6.35. The van der Waals surface area contributed by atoms with Crippen LogP contribution in [0.25, 0.3) is 0 Å². The summed E-state index contributed by atoms with van der Waals surface area (Å²) in [6, 6.07) is 5.36. The van der Waals surface area contributed by atoms with Gasteiger partial charge in [-0.25, -0.2) is 0 Å². The van der Waals surface area contributed by atoms with Crippen LogP contribution in [0.1, 0.15) is 26.3 Å². The quantitative estimate of drug-likeness (QED) is 0.541. The van der Waals surface area contributed by atoms with Gasteiger partial charge in [-0.3, -0.25) is 9.79 Å². The maximum Gasteiger partial charge on any atom is 0.227 e. The third-order valence-corrected chi connectivity index (χ3v) is 3.92. The van der Waals surface area contributed by atoms with E-state index in [2.05, 4.69) is 20.9 Å². The summed E-state index contributed by atoms with van der Waals surface area (Å²) in [4.78, 5) is 16.1. The molecule has 0 heterocycles. The molecule has 5 nitrogen and oxygen atoms in total. The Morgan fingerprint density at radius 2 is 1.91 bits per heavy atom. The van der Waals surface area contributed by atoms with E-state index in [0.29, 0.717) is 35.6 Å². The number of carbonyl (C=O) groups excluding carboxylic acids is 1. The Kier molecular flexibility index (Phi) is 7.65. The lowest BCUT2D eigenvalue weighted by Crippen LogP contribution is -2.47. The molecule has 0 spiro atoms. The van der Waals surface area contributed by atoms with Crippen LogP contribution < -0.4 is 16.0 Å². The molecular weight excluding hydrogens is 335 g/mol. The van der Waals surface area contributed by atoms with Crippen LogP contribution in [0.5, 0.6) is 0 Å². The summed E-state index contributed by atoms with van der Waals surface area (Å²) < 4.78 is 0. The third-order valence-electron chi connectivity index (χ3n) is 3.33. The predicted molar refractivity (Wildman–Crippen MR) is 97.1 cm³/mol. The van der Waals surface area contributed by atoms with E-state index in [1.807, 2.05) is 26.8 Å². The Morgan fingerprint density at radius 3 is 2.48 bits per heavy atom. The normalized spacial score (nSPS) is 12.0. The minimum atomic E-state index is -0.536. The van der Waals surface area contributed by atoms with E-state index in [9.17, 15) is 4.79 Å². The number of benzene rings is 1. The van der Waals surface area contributed by atoms with Crippen molar-refractivity contribution < 1.29 is 4.79 Å². The fraction of sp³-hybridized carbons (Fsp3) is 0.500. The summed E-state index contributed by atoms with van der Waals surface area (Å²) in [7, 11) is 1.68. The minimum absolute atomic E-state index is 0.00342. The molecule has 0 aromatic heterocycles. The van der Waals surface area contributed by atoms with Crippen molar-refractivity contribution in [2.24, 2.45) is 10.4 Å². The summed E-state index contributed by atoms with van der Waals surface area (Å²) in [5, 5.41) is 10.4. The van der Waals surface area contributed by atoms with E-state index >= 15 is 0 Å². The van der Waals surface area contributed by atoms with Crippen molar-refractivity contribution in [3.8, 4) is 0 Å². The molecule has 0 unspecified atom stereocenters. The standard InChI is InChI=1S/C16H24Cl2N4O/c1-5-20-14(23)16(2,3)10-22-15(19-4)21-9-11-6-7-12(17)8-13(11)18/h6-8H,5,9-10H2,1-4H3,(H,20,23)(H2,19,21,22). The lowest BCUT2D eigenvalue weighted by atomic mass is 9.92. The Balaban J connectivity index is 2.57. The van der Waals surface area contributed by atoms with Gasteiger partial charge in [0.2, 0.25) is 5.91 Å². The van der Waals surface area contributed by atoms with Gasteiger partial charge in [-0.05, 0) is 38.5 Å². The molecule has 0 aliphatic heterocycles. The molecule has 0 aliphatic carbocycles. The monoisotopic (exact) mass is 358 g/mol. The third kappa shape index (κ3) is 6.28. The molecule has 3 N–H and O–H groups in total. The predicted octanol–water partition coefficient (Wildman–Crippen LogP) is 2.82. The second-order valence-corrected chi connectivity index (χ2v) is 6.60. The molecule has 1 aromatic rings. The zero-order valence-corrected chi connectivity index (χ0v) is 15.5. The van der Waals surface area contributed by atoms with E-state index in [-0.39, 0.29) is 5.91 Å². The first-order valence-electron chi connectivity index (χ1n) is 7.47. The van der Waals surface area contributed by atoms with Crippen molar-refractivity contribution in [2.75, 3.05) is 20.1 Å². The number of hydrogen-bond donors (Lipinski definition) is 3. The SMILES string of the molecule is CCNC(=O)C(C)(C)CNC(=NC)NCc1ccc(Cl)cc1Cl. The van der Waals surface area contributed by atoms with Crippen LogP contribution in [0.2, 0.25) is 10.0 Å². The average molecular weight is 359 g/mol. The fourth-order valence-corrected chi connectivity index (χ4v) is 2.32. The first kappa shape index (κ1) is 19.6. The van der Waals surface area contributed by atoms with Gasteiger partial charge in [0, 0.05) is 36.7 Å². The van der Waals surface area contributed by atoms with E-state index in [1.165, 1.54) is 0 Å². The van der Waals surface area contributed by atoms with Crippen molar-refractivity contribution in [3.05, 3.63) is 33.8 Å². The van der Waals surface area contributed by atoms with Crippen molar-refractivity contribution in [1.29, 1.82) is 0 Å². The minimum Gasteiger partial charge on any atom is -0.356 e. The number of hydrogen-bond acceptors (Lipinski definition) is 2. The van der Waals surface area contributed by atoms with Crippen LogP contribution in [0, 0.1) is 5.41 Å². The van der Waals surface area contributed by atoms with Gasteiger partial charge in [0.15, 0.2) is 5.96 Å². The largest absolute Gasteiger partial charge is 0.356 e. The molecule has 0 saturated heterocycles. The van der Waals surface area contributed by atoms with E-state index in [1.54, 1.807) is 19.2 Å². The first-order chi connectivity index (χ1) is 10.8. The van der Waals surface area contributed by atoms with Crippen molar-refractivity contribution in [2.45, 2.75) is 27.3 Å². The van der Waals surface area contributed by atoms with Gasteiger partial charge in [-0.1, -0.05) is 29.3 Å². The lowest BCUT2D eigenvalue weighted by Gasteiger charge is -2.25. The van der Waals surface area contributed by atoms with Gasteiger partial charge in [0.25, 0.3) is 0 Å². The number of aliphatic imine (C=N–C) groups is 1. The van der Waals surface area contributed by atoms with Crippen LogP contribution in [0.15, 0.2) is 23.2 Å². The number of carbonyl (C=O) groups is 1. The maximum atomic E-state index is 12.0. The van der Waals surface area contributed by atoms with Gasteiger partial charge in [0.1, 0.15) is 0 Å². The van der Waals surface area contributed by atoms with E-state index < -0.39 is 5.41 Å². The van der Waals surface area contributed by atoms with Crippen LogP contribution in [0.3, 0.4) is 0 Å². The average Bonchev–Trinajstić information content (AvgIpc) is 2.49. The Morgan fingerprint density at radius 1 is 1.22 bits per heavy atom. The molecule has 0 radical (unpaired) electrons. The number of nitrogens with one attached hydrogen (secondary N) is 3. The first-order valence-corrected chi connectivity index (χ1v) is 8.22. The highest BCUT2D eigenvalue weighted by Gasteiger charge is 2.27. The maximum absolute atomic E-state index is 12.0. The van der Waals surface area contributed by atoms with Crippen LogP contribution in [-0.2, 0) is 11.3 Å². The molecule has 0 atom stereocenters. The lowest BCUT2D eigenvalue weighted by molar-refractivity contribution is -0.128. The topological polar surface area (TPSA) is 65.5 Å². The summed E-state index contributed by atoms with van der Waals surface area (Å²) in [5.41, 5.74) is 0.382. The van der Waals surface area contributed by atoms with Crippen LogP contribution >= 0.6 is 23.2 Å². The van der Waals surface area contributed by atoms with Crippen molar-refractivity contribution in [3.63, 3.8) is 0 Å². The molecule has 1 rings (SSSR count). The van der Waals surface area contributed by atoms with Crippen LogP contribution in [-0.4, -0.2) is 32.0 Å². The number of halogens is 2. The molecule has 1 aromatic carbocycles. The Hall–Kier alpha value is -1.46. The summed E-state index contributed by atoms with van der Waals surface area (Å²) >= 11 is 12.0. The summed E-state index contributed by atoms with van der Waals surface area (Å²) in [6.07, 6.45) is 0. The zero-order valence-electron chi connectivity index (χ0n) is 14.0. The smallest absolute Gasteiger partial charge is 0.227 e. The van der Waals surface area contributed by atoms with E-state index in [0.717, 1.165) is 5.56 Å². The van der Waals surface area contributed by atoms with Crippen molar-refractivity contribution >= 4 is 35.1 Å². The molecule has 0 saturated carbocycles. The van der Waals surface area contributed by atoms with E-state index in [4.69, 9.17) is 23.2 Å². The molecule has 23 heavy (non-hydrogen) atoms. The number of nitrogens with zero attached hydrogens (tertiary/aromatic N) is 1. The Labute approximate surface area is 147 Å². The van der Waals surface area contributed by atoms with Gasteiger partial charge < -0.3 is 16.0 Å². The summed E-state index contributed by atoms with van der Waals surface area (Å²) in [6.45, 7) is 7.26. The van der Waals surface area contributed by atoms with Crippen LogP contribution in [0.4, 0.5) is 0 Å². The van der Waals surface area contributed by atoms with Gasteiger partial charge in [0.05, 0.1) is 5.41 Å². The highest BCUT2D eigenvalue weighted by atomic mass is 35.5. The second kappa shape index (κ2) is 8.99. The molecule has 0 aliphatic rings. The van der Waals surface area contributed by atoms with Gasteiger partial charge in [-0.2, -0.15) is 0 Å². The second-order valence-electron chi connectivity index (χ2n) is 5.76. The zero-order chi connectivity index (χ0) is 17.5. The Bertz CT molecular complexity index is 573. The molecule has 128 valence electrons. The number of amides is 1. The fourth-order valence-electron chi connectivity index (χ4n) is 1.85. The number of guanidine groups is 1. The van der Waals surface area contributed by atoms with Crippen molar-refractivity contribution in [1.82, 2.24) is 16.0 Å². The molecule has 0 fully saturated rings. The van der Waals surface area contributed by atoms with Gasteiger partial charge in [-0.15, -0.1) is 0 Å². The highest BCUT2D eigenvalue weighted by Crippen LogP contribution is 2.20. The number of rotatable bonds is 6. The molecular formula is C16H24Cl2N4O. The molecule has 1 amide bonds. The molecule has 7 heteroatoms. The van der Waals surface area contributed by atoms with Gasteiger partial charge >= 0.3 is 0 Å². The summed E-state index contributed by atoms with van der Waals surface area (Å²) in [5.74, 6) is 0.608.